The fraction of sp³-hybridized carbons (Fsp3) is 0.923. The van der Waals surface area contributed by atoms with Gasteiger partial charge in [-0.05, 0) is 46.7 Å². The second-order valence-electron chi connectivity index (χ2n) is 5.27. The number of esters is 1. The van der Waals surface area contributed by atoms with E-state index in [1.54, 1.807) is 0 Å². The molecule has 100 valence electrons. The Morgan fingerprint density at radius 2 is 2.12 bits per heavy atom. The summed E-state index contributed by atoms with van der Waals surface area (Å²) in [7, 11) is 3.41. The number of nitrogens with zero attached hydrogens (tertiary/aromatic N) is 1. The van der Waals surface area contributed by atoms with Crippen LogP contribution in [-0.4, -0.2) is 49.7 Å². The third-order valence-corrected chi connectivity index (χ3v) is 3.95. The monoisotopic (exact) mass is 242 g/mol. The van der Waals surface area contributed by atoms with Crippen LogP contribution in [0.1, 0.15) is 39.5 Å². The quantitative estimate of drug-likeness (QED) is 0.757. The smallest absolute Gasteiger partial charge is 0.307 e. The molecule has 1 aliphatic heterocycles. The van der Waals surface area contributed by atoms with Crippen molar-refractivity contribution < 1.29 is 9.53 Å². The van der Waals surface area contributed by atoms with Crippen LogP contribution < -0.4 is 5.32 Å². The molecule has 1 rings (SSSR count). The Labute approximate surface area is 105 Å². The van der Waals surface area contributed by atoms with Crippen LogP contribution in [0.2, 0.25) is 0 Å². The van der Waals surface area contributed by atoms with Crippen LogP contribution in [0.5, 0.6) is 0 Å². The lowest BCUT2D eigenvalue weighted by atomic mass is 9.87. The summed E-state index contributed by atoms with van der Waals surface area (Å²) < 4.78 is 4.80. The Balaban J connectivity index is 2.64. The van der Waals surface area contributed by atoms with E-state index in [1.807, 2.05) is 7.05 Å². The molecular formula is C13H26N2O2. The predicted molar refractivity (Wildman–Crippen MR) is 69.0 cm³/mol. The van der Waals surface area contributed by atoms with E-state index >= 15 is 0 Å². The summed E-state index contributed by atoms with van der Waals surface area (Å²) in [5.41, 5.74) is -0.0727. The third-order valence-electron chi connectivity index (χ3n) is 3.95. The van der Waals surface area contributed by atoms with E-state index in [-0.39, 0.29) is 11.5 Å². The van der Waals surface area contributed by atoms with Crippen LogP contribution in [-0.2, 0) is 9.53 Å². The average molecular weight is 242 g/mol. The van der Waals surface area contributed by atoms with Crippen molar-refractivity contribution in [1.29, 1.82) is 0 Å². The SMILES string of the molecule is CNC1(CC(=O)OC)CCCN(C(C)C)CC1. The topological polar surface area (TPSA) is 41.6 Å². The molecule has 1 N–H and O–H groups in total. The summed E-state index contributed by atoms with van der Waals surface area (Å²) in [6, 6.07) is 0.584. The van der Waals surface area contributed by atoms with Gasteiger partial charge in [0, 0.05) is 18.1 Å². The van der Waals surface area contributed by atoms with Gasteiger partial charge in [-0.3, -0.25) is 4.79 Å². The van der Waals surface area contributed by atoms with Gasteiger partial charge < -0.3 is 15.0 Å². The van der Waals surface area contributed by atoms with Gasteiger partial charge in [0.05, 0.1) is 13.5 Å². The standard InChI is InChI=1S/C13H26N2O2/c1-11(2)15-8-5-6-13(14-3,7-9-15)10-12(16)17-4/h11,14H,5-10H2,1-4H3. The molecule has 0 aromatic heterocycles. The van der Waals surface area contributed by atoms with Crippen molar-refractivity contribution >= 4 is 5.97 Å². The number of likely N-dealkylation sites (tertiary alicyclic amines) is 1. The molecule has 4 heteroatoms. The van der Waals surface area contributed by atoms with Gasteiger partial charge in [-0.25, -0.2) is 0 Å². The van der Waals surface area contributed by atoms with Gasteiger partial charge in [0.1, 0.15) is 0 Å². The van der Waals surface area contributed by atoms with E-state index in [2.05, 4.69) is 24.1 Å². The minimum atomic E-state index is -0.114. The van der Waals surface area contributed by atoms with Gasteiger partial charge in [-0.2, -0.15) is 0 Å². The molecule has 0 bridgehead atoms. The molecule has 0 aromatic carbocycles. The first-order valence-corrected chi connectivity index (χ1v) is 6.53. The Kier molecular flexibility index (Phi) is 5.40. The lowest BCUT2D eigenvalue weighted by Crippen LogP contribution is -2.46. The van der Waals surface area contributed by atoms with Crippen molar-refractivity contribution in [3.63, 3.8) is 0 Å². The number of hydrogen-bond donors (Lipinski definition) is 1. The largest absolute Gasteiger partial charge is 0.469 e. The van der Waals surface area contributed by atoms with Crippen LogP contribution in [0.25, 0.3) is 0 Å². The van der Waals surface area contributed by atoms with Crippen molar-refractivity contribution in [2.45, 2.75) is 51.1 Å². The minimum Gasteiger partial charge on any atom is -0.469 e. The highest BCUT2D eigenvalue weighted by Crippen LogP contribution is 2.26. The van der Waals surface area contributed by atoms with Crippen molar-refractivity contribution in [3.8, 4) is 0 Å². The highest BCUT2D eigenvalue weighted by atomic mass is 16.5. The van der Waals surface area contributed by atoms with Gasteiger partial charge in [-0.1, -0.05) is 0 Å². The Hall–Kier alpha value is -0.610. The summed E-state index contributed by atoms with van der Waals surface area (Å²) in [6.45, 7) is 6.64. The zero-order chi connectivity index (χ0) is 12.9. The number of methoxy groups -OCH3 is 1. The van der Waals surface area contributed by atoms with E-state index in [0.717, 1.165) is 32.4 Å². The number of carbonyl (C=O) groups is 1. The van der Waals surface area contributed by atoms with Crippen LogP contribution in [0.15, 0.2) is 0 Å². The van der Waals surface area contributed by atoms with Crippen molar-refractivity contribution in [2.75, 3.05) is 27.2 Å². The molecule has 1 heterocycles. The lowest BCUT2D eigenvalue weighted by Gasteiger charge is -2.32. The zero-order valence-corrected chi connectivity index (χ0v) is 11.6. The van der Waals surface area contributed by atoms with Crippen molar-refractivity contribution in [3.05, 3.63) is 0 Å². The number of nitrogens with one attached hydrogen (secondary N) is 1. The molecule has 1 fully saturated rings. The Morgan fingerprint density at radius 1 is 1.41 bits per heavy atom. The van der Waals surface area contributed by atoms with Crippen LogP contribution in [0.3, 0.4) is 0 Å². The number of ether oxygens (including phenoxy) is 1. The van der Waals surface area contributed by atoms with Gasteiger partial charge in [-0.15, -0.1) is 0 Å². The van der Waals surface area contributed by atoms with Gasteiger partial charge in [0.15, 0.2) is 0 Å². The van der Waals surface area contributed by atoms with Crippen LogP contribution in [0, 0.1) is 0 Å². The summed E-state index contributed by atoms with van der Waals surface area (Å²) in [5, 5.41) is 3.35. The summed E-state index contributed by atoms with van der Waals surface area (Å²) in [5.74, 6) is -0.114. The Morgan fingerprint density at radius 3 is 2.65 bits per heavy atom. The minimum absolute atomic E-state index is 0.0727. The summed E-state index contributed by atoms with van der Waals surface area (Å²) >= 11 is 0. The van der Waals surface area contributed by atoms with E-state index in [9.17, 15) is 4.79 Å². The maximum atomic E-state index is 11.5. The lowest BCUT2D eigenvalue weighted by molar-refractivity contribution is -0.142. The molecule has 0 aliphatic carbocycles. The van der Waals surface area contributed by atoms with Gasteiger partial charge in [0.25, 0.3) is 0 Å². The summed E-state index contributed by atoms with van der Waals surface area (Å²) in [4.78, 5) is 14.0. The second-order valence-corrected chi connectivity index (χ2v) is 5.27. The Bertz CT molecular complexity index is 256. The highest BCUT2D eigenvalue weighted by molar-refractivity contribution is 5.70. The first kappa shape index (κ1) is 14.5. The molecular weight excluding hydrogens is 216 g/mol. The molecule has 1 saturated heterocycles. The first-order chi connectivity index (χ1) is 8.03. The third kappa shape index (κ3) is 3.96. The molecule has 0 saturated carbocycles. The van der Waals surface area contributed by atoms with E-state index in [1.165, 1.54) is 7.11 Å². The fourth-order valence-corrected chi connectivity index (χ4v) is 2.59. The average Bonchev–Trinajstić information content (AvgIpc) is 2.52. The van der Waals surface area contributed by atoms with E-state index in [4.69, 9.17) is 4.74 Å². The number of rotatable bonds is 4. The predicted octanol–water partition coefficient (Wildman–Crippen LogP) is 1.40. The molecule has 1 aliphatic rings. The van der Waals surface area contributed by atoms with E-state index in [0.29, 0.717) is 12.5 Å². The molecule has 4 nitrogen and oxygen atoms in total. The van der Waals surface area contributed by atoms with Crippen molar-refractivity contribution in [2.24, 2.45) is 0 Å². The highest BCUT2D eigenvalue weighted by Gasteiger charge is 2.34. The first-order valence-electron chi connectivity index (χ1n) is 6.53. The number of carbonyl (C=O) groups excluding carboxylic acids is 1. The molecule has 0 aromatic rings. The maximum absolute atomic E-state index is 11.5. The summed E-state index contributed by atoms with van der Waals surface area (Å²) in [6.07, 6.45) is 3.67. The zero-order valence-electron chi connectivity index (χ0n) is 11.6. The molecule has 1 atom stereocenters. The molecule has 1 unspecified atom stereocenters. The van der Waals surface area contributed by atoms with Gasteiger partial charge >= 0.3 is 5.97 Å². The molecule has 0 radical (unpaired) electrons. The van der Waals surface area contributed by atoms with E-state index < -0.39 is 0 Å². The van der Waals surface area contributed by atoms with Crippen LogP contribution >= 0.6 is 0 Å². The molecule has 17 heavy (non-hydrogen) atoms. The van der Waals surface area contributed by atoms with Crippen molar-refractivity contribution in [1.82, 2.24) is 10.2 Å². The number of hydrogen-bond acceptors (Lipinski definition) is 4. The fourth-order valence-electron chi connectivity index (χ4n) is 2.59. The van der Waals surface area contributed by atoms with Gasteiger partial charge in [0.2, 0.25) is 0 Å². The maximum Gasteiger partial charge on any atom is 0.307 e. The van der Waals surface area contributed by atoms with Crippen LogP contribution in [0.4, 0.5) is 0 Å². The second kappa shape index (κ2) is 6.36. The normalized spacial score (nSPS) is 26.9. The molecule has 0 amide bonds. The molecule has 0 spiro atoms.